The zero-order valence-corrected chi connectivity index (χ0v) is 14.7. The fourth-order valence-corrected chi connectivity index (χ4v) is 2.85. The highest BCUT2D eigenvalue weighted by molar-refractivity contribution is 7.99. The lowest BCUT2D eigenvalue weighted by Crippen LogP contribution is -2.41. The van der Waals surface area contributed by atoms with Crippen molar-refractivity contribution in [1.82, 2.24) is 15.8 Å². The summed E-state index contributed by atoms with van der Waals surface area (Å²) in [5.41, 5.74) is 6.27. The molecule has 0 unspecified atom stereocenters. The Morgan fingerprint density at radius 1 is 1.12 bits per heavy atom. The normalized spacial score (nSPS) is 10.3. The van der Waals surface area contributed by atoms with Crippen molar-refractivity contribution < 1.29 is 19.1 Å². The lowest BCUT2D eigenvalue weighted by molar-refractivity contribution is -0.126. The highest BCUT2D eigenvalue weighted by Gasteiger charge is 2.11. The highest BCUT2D eigenvalue weighted by atomic mass is 32.2. The number of carbonyl (C=O) groups excluding carboxylic acids is 2. The van der Waals surface area contributed by atoms with Gasteiger partial charge < -0.3 is 9.47 Å². The van der Waals surface area contributed by atoms with Gasteiger partial charge >= 0.3 is 0 Å². The lowest BCUT2D eigenvalue weighted by Gasteiger charge is -2.11. The van der Waals surface area contributed by atoms with E-state index in [-0.39, 0.29) is 17.6 Å². The van der Waals surface area contributed by atoms with Crippen molar-refractivity contribution in [2.45, 2.75) is 18.9 Å². The molecule has 0 bridgehead atoms. The molecule has 0 radical (unpaired) electrons. The molecule has 0 saturated heterocycles. The van der Waals surface area contributed by atoms with E-state index in [1.165, 1.54) is 18.7 Å². The standard InChI is InChI=1S/C16H19N3O4S/c1-9-5-11-6-13(22-3)14(23-4)7-12(11)17-16(9)24-8-15(21)19-18-10(2)20/h5-7H,8H2,1-4H3,(H,18,20)(H,19,21). The van der Waals surface area contributed by atoms with Crippen molar-refractivity contribution in [3.8, 4) is 11.5 Å². The summed E-state index contributed by atoms with van der Waals surface area (Å²) in [6, 6.07) is 5.65. The Bertz CT molecular complexity index is 779. The summed E-state index contributed by atoms with van der Waals surface area (Å²) in [5.74, 6) is 0.757. The minimum absolute atomic E-state index is 0.146. The van der Waals surface area contributed by atoms with Crippen LogP contribution in [0.1, 0.15) is 12.5 Å². The predicted octanol–water partition coefficient (Wildman–Crippen LogP) is 1.82. The van der Waals surface area contributed by atoms with E-state index in [4.69, 9.17) is 9.47 Å². The van der Waals surface area contributed by atoms with Gasteiger partial charge in [0.05, 0.1) is 25.5 Å². The van der Waals surface area contributed by atoms with Crippen molar-refractivity contribution in [2.75, 3.05) is 20.0 Å². The number of rotatable bonds is 5. The molecule has 1 aromatic heterocycles. The molecule has 2 rings (SSSR count). The first kappa shape index (κ1) is 17.9. The second kappa shape index (κ2) is 7.87. The molecule has 2 aromatic rings. The molecule has 0 atom stereocenters. The van der Waals surface area contributed by atoms with Gasteiger partial charge in [0.25, 0.3) is 0 Å². The first-order valence-corrected chi connectivity index (χ1v) is 8.14. The molecule has 2 amide bonds. The maximum atomic E-state index is 11.7. The van der Waals surface area contributed by atoms with Crippen LogP contribution in [0.25, 0.3) is 10.9 Å². The van der Waals surface area contributed by atoms with Gasteiger partial charge in [-0.1, -0.05) is 11.8 Å². The van der Waals surface area contributed by atoms with Gasteiger partial charge in [0.15, 0.2) is 11.5 Å². The van der Waals surface area contributed by atoms with Gasteiger partial charge in [0, 0.05) is 18.4 Å². The Morgan fingerprint density at radius 2 is 1.79 bits per heavy atom. The number of aryl methyl sites for hydroxylation is 1. The number of pyridine rings is 1. The molecule has 0 aliphatic carbocycles. The van der Waals surface area contributed by atoms with Crippen LogP contribution in [-0.2, 0) is 9.59 Å². The van der Waals surface area contributed by atoms with Gasteiger partial charge in [-0.3, -0.25) is 20.4 Å². The topological polar surface area (TPSA) is 89.6 Å². The van der Waals surface area contributed by atoms with Crippen LogP contribution in [0.5, 0.6) is 11.5 Å². The largest absolute Gasteiger partial charge is 0.493 e. The van der Waals surface area contributed by atoms with E-state index in [0.717, 1.165) is 21.5 Å². The number of fused-ring (bicyclic) bond motifs is 1. The summed E-state index contributed by atoms with van der Waals surface area (Å²) in [7, 11) is 3.15. The molecule has 0 aliphatic heterocycles. The minimum atomic E-state index is -0.325. The first-order chi connectivity index (χ1) is 11.4. The highest BCUT2D eigenvalue weighted by Crippen LogP contribution is 2.33. The predicted molar refractivity (Wildman–Crippen MR) is 92.3 cm³/mol. The molecular weight excluding hydrogens is 330 g/mol. The smallest absolute Gasteiger partial charge is 0.248 e. The average molecular weight is 349 g/mol. The van der Waals surface area contributed by atoms with Crippen molar-refractivity contribution in [3.63, 3.8) is 0 Å². The number of amides is 2. The minimum Gasteiger partial charge on any atom is -0.493 e. The zero-order valence-electron chi connectivity index (χ0n) is 13.9. The Labute approximate surface area is 144 Å². The van der Waals surface area contributed by atoms with Crippen LogP contribution in [0.15, 0.2) is 23.2 Å². The van der Waals surface area contributed by atoms with E-state index in [0.29, 0.717) is 11.5 Å². The third-order valence-electron chi connectivity index (χ3n) is 3.18. The molecule has 24 heavy (non-hydrogen) atoms. The molecule has 0 aliphatic rings. The number of benzene rings is 1. The number of hydrazine groups is 1. The third-order valence-corrected chi connectivity index (χ3v) is 4.28. The Balaban J connectivity index is 2.20. The SMILES string of the molecule is COc1cc2cc(C)c(SCC(=O)NNC(C)=O)nc2cc1OC. The molecule has 0 saturated carbocycles. The number of nitrogens with one attached hydrogen (secondary N) is 2. The maximum Gasteiger partial charge on any atom is 0.248 e. The summed E-state index contributed by atoms with van der Waals surface area (Å²) >= 11 is 1.30. The van der Waals surface area contributed by atoms with Crippen molar-refractivity contribution in [3.05, 3.63) is 23.8 Å². The third kappa shape index (κ3) is 4.29. The summed E-state index contributed by atoms with van der Waals surface area (Å²) in [6.45, 7) is 3.25. The van der Waals surface area contributed by atoms with Crippen LogP contribution < -0.4 is 20.3 Å². The van der Waals surface area contributed by atoms with Crippen molar-refractivity contribution in [1.29, 1.82) is 0 Å². The van der Waals surface area contributed by atoms with E-state index >= 15 is 0 Å². The monoisotopic (exact) mass is 349 g/mol. The van der Waals surface area contributed by atoms with Crippen LogP contribution >= 0.6 is 11.8 Å². The Kier molecular flexibility index (Phi) is 5.86. The number of hydrogen-bond donors (Lipinski definition) is 2. The Morgan fingerprint density at radius 3 is 2.42 bits per heavy atom. The van der Waals surface area contributed by atoms with Crippen molar-refractivity contribution in [2.24, 2.45) is 0 Å². The van der Waals surface area contributed by atoms with Gasteiger partial charge in [-0.25, -0.2) is 4.98 Å². The fraction of sp³-hybridized carbons (Fsp3) is 0.312. The number of aromatic nitrogens is 1. The average Bonchev–Trinajstić information content (AvgIpc) is 2.56. The Hall–Kier alpha value is -2.48. The molecule has 1 heterocycles. The quantitative estimate of drug-likeness (QED) is 0.632. The van der Waals surface area contributed by atoms with Crippen molar-refractivity contribution >= 4 is 34.5 Å². The molecule has 0 spiro atoms. The van der Waals surface area contributed by atoms with E-state index < -0.39 is 0 Å². The molecule has 2 N–H and O–H groups in total. The number of thioether (sulfide) groups is 1. The number of methoxy groups -OCH3 is 2. The van der Waals surface area contributed by atoms with E-state index in [9.17, 15) is 9.59 Å². The van der Waals surface area contributed by atoms with Gasteiger partial charge in [0.1, 0.15) is 5.03 Å². The summed E-state index contributed by atoms with van der Waals surface area (Å²) in [5, 5.41) is 1.67. The van der Waals surface area contributed by atoms with Crippen LogP contribution in [0.2, 0.25) is 0 Å². The molecular formula is C16H19N3O4S. The van der Waals surface area contributed by atoms with Gasteiger partial charge in [-0.15, -0.1) is 0 Å². The van der Waals surface area contributed by atoms with E-state index in [2.05, 4.69) is 15.8 Å². The zero-order chi connectivity index (χ0) is 17.7. The first-order valence-electron chi connectivity index (χ1n) is 7.16. The number of carbonyl (C=O) groups is 2. The van der Waals surface area contributed by atoms with Gasteiger partial charge in [-0.05, 0) is 24.6 Å². The summed E-state index contributed by atoms with van der Waals surface area (Å²) in [4.78, 5) is 27.0. The molecule has 7 nitrogen and oxygen atoms in total. The molecule has 0 fully saturated rings. The second-order valence-corrected chi connectivity index (χ2v) is 5.99. The van der Waals surface area contributed by atoms with Crippen LogP contribution in [0.4, 0.5) is 0 Å². The summed E-state index contributed by atoms with van der Waals surface area (Å²) in [6.07, 6.45) is 0. The van der Waals surface area contributed by atoms with Gasteiger partial charge in [0.2, 0.25) is 11.8 Å². The number of hydrogen-bond acceptors (Lipinski definition) is 6. The van der Waals surface area contributed by atoms with E-state index in [1.807, 2.05) is 19.1 Å². The second-order valence-electron chi connectivity index (χ2n) is 5.03. The fourth-order valence-electron chi connectivity index (χ4n) is 2.06. The van der Waals surface area contributed by atoms with Crippen LogP contribution in [0, 0.1) is 6.92 Å². The van der Waals surface area contributed by atoms with Gasteiger partial charge in [-0.2, -0.15) is 0 Å². The van der Waals surface area contributed by atoms with Crippen LogP contribution in [-0.4, -0.2) is 36.8 Å². The molecule has 8 heteroatoms. The summed E-state index contributed by atoms with van der Waals surface area (Å²) < 4.78 is 10.6. The van der Waals surface area contributed by atoms with E-state index in [1.54, 1.807) is 20.3 Å². The number of nitrogens with zero attached hydrogens (tertiary/aromatic N) is 1. The molecule has 128 valence electrons. The molecule has 1 aromatic carbocycles. The lowest BCUT2D eigenvalue weighted by atomic mass is 10.1. The van der Waals surface area contributed by atoms with Crippen LogP contribution in [0.3, 0.4) is 0 Å². The number of ether oxygens (including phenoxy) is 2. The maximum absolute atomic E-state index is 11.7.